The van der Waals surface area contributed by atoms with Crippen molar-refractivity contribution < 1.29 is 9.13 Å². The summed E-state index contributed by atoms with van der Waals surface area (Å²) in [5.41, 5.74) is 15.9. The van der Waals surface area contributed by atoms with Crippen LogP contribution in [0.4, 0.5) is 10.2 Å². The quantitative estimate of drug-likeness (QED) is 0.603. The molecule has 31 heavy (non-hydrogen) atoms. The second-order valence-corrected chi connectivity index (χ2v) is 7.49. The molecule has 3 rings (SSSR count). The molecular weight excluding hydrogens is 395 g/mol. The third-order valence-electron chi connectivity index (χ3n) is 5.35. The number of nitrogens with one attached hydrogen (secondary N) is 2. The average Bonchev–Trinajstić information content (AvgIpc) is 2.76. The maximum Gasteiger partial charge on any atom is 0.166 e. The highest BCUT2D eigenvalue weighted by atomic mass is 19.1. The lowest BCUT2D eigenvalue weighted by Crippen LogP contribution is -2.30. The highest BCUT2D eigenvalue weighted by molar-refractivity contribution is 6.13. The van der Waals surface area contributed by atoms with Gasteiger partial charge in [0.25, 0.3) is 0 Å². The van der Waals surface area contributed by atoms with Gasteiger partial charge in [-0.2, -0.15) is 0 Å². The maximum atomic E-state index is 14.1. The van der Waals surface area contributed by atoms with Gasteiger partial charge in [0.1, 0.15) is 11.9 Å². The van der Waals surface area contributed by atoms with Crippen LogP contribution in [-0.4, -0.2) is 36.5 Å². The minimum atomic E-state index is -0.545. The topological polar surface area (TPSA) is 122 Å². The number of hydrogen-bond donors (Lipinski definition) is 4. The number of halogens is 1. The van der Waals surface area contributed by atoms with E-state index in [4.69, 9.17) is 21.6 Å². The number of fused-ring (bicyclic) bond motifs is 3. The van der Waals surface area contributed by atoms with Gasteiger partial charge in [0, 0.05) is 47.6 Å². The number of nitrogen functional groups attached to an aromatic ring is 1. The summed E-state index contributed by atoms with van der Waals surface area (Å²) < 4.78 is 20.2. The van der Waals surface area contributed by atoms with Crippen LogP contribution in [0.15, 0.2) is 47.2 Å². The summed E-state index contributed by atoms with van der Waals surface area (Å²) in [6.07, 6.45) is 3.11. The number of aromatic nitrogens is 1. The molecule has 2 bridgehead atoms. The number of benzene rings is 1. The molecule has 0 saturated heterocycles. The molecule has 0 fully saturated rings. The molecule has 1 unspecified atom stereocenters. The standard InChI is InChI=1S/C23H29FN6O/c1-4-29-22-14(10-25)7-15(11-28-3)21(26)18-6-5-17(24)9-19(18)13(2)31-20-8-16(22)12-30-23(20)27/h5-6,8-10,12-13,15,26,28H,4,7,11,25H2,1-3H3,(H2,27,30)/t13-,15?/m1/s1. The average molecular weight is 425 g/mol. The van der Waals surface area contributed by atoms with Crippen LogP contribution in [-0.2, 0) is 0 Å². The number of nitrogens with two attached hydrogens (primary N) is 2. The van der Waals surface area contributed by atoms with Gasteiger partial charge in [0.2, 0.25) is 0 Å². The molecule has 6 N–H and O–H groups in total. The molecule has 2 heterocycles. The maximum absolute atomic E-state index is 14.1. The van der Waals surface area contributed by atoms with E-state index in [1.165, 1.54) is 18.3 Å². The lowest BCUT2D eigenvalue weighted by Gasteiger charge is -2.26. The third kappa shape index (κ3) is 4.74. The van der Waals surface area contributed by atoms with E-state index in [2.05, 4.69) is 15.3 Å². The van der Waals surface area contributed by atoms with Crippen molar-refractivity contribution in [3.8, 4) is 5.75 Å². The number of anilines is 1. The highest BCUT2D eigenvalue weighted by Gasteiger charge is 2.26. The second-order valence-electron chi connectivity index (χ2n) is 7.49. The predicted molar refractivity (Wildman–Crippen MR) is 122 cm³/mol. The van der Waals surface area contributed by atoms with Gasteiger partial charge in [-0.3, -0.25) is 4.99 Å². The van der Waals surface area contributed by atoms with E-state index in [9.17, 15) is 4.39 Å². The molecule has 2 atom stereocenters. The number of pyridine rings is 1. The van der Waals surface area contributed by atoms with Crippen molar-refractivity contribution in [2.75, 3.05) is 25.9 Å². The van der Waals surface area contributed by atoms with Crippen LogP contribution >= 0.6 is 0 Å². The lowest BCUT2D eigenvalue weighted by molar-refractivity contribution is 0.226. The molecule has 7 nitrogen and oxygen atoms in total. The number of nitrogens with zero attached hydrogens (tertiary/aromatic N) is 2. The molecule has 1 aromatic heterocycles. The Morgan fingerprint density at radius 1 is 1.39 bits per heavy atom. The first-order chi connectivity index (χ1) is 14.9. The van der Waals surface area contributed by atoms with Crippen LogP contribution in [0.5, 0.6) is 5.75 Å². The van der Waals surface area contributed by atoms with E-state index >= 15 is 0 Å². The Kier molecular flexibility index (Phi) is 7.02. The predicted octanol–water partition coefficient (Wildman–Crippen LogP) is 3.20. The van der Waals surface area contributed by atoms with Crippen molar-refractivity contribution >= 4 is 17.2 Å². The first-order valence-electron chi connectivity index (χ1n) is 10.3. The molecule has 1 aromatic carbocycles. The smallest absolute Gasteiger partial charge is 0.166 e. The summed E-state index contributed by atoms with van der Waals surface area (Å²) in [7, 11) is 1.84. The van der Waals surface area contributed by atoms with Crippen LogP contribution in [0.1, 0.15) is 43.1 Å². The molecular formula is C23H29FN6O. The van der Waals surface area contributed by atoms with Gasteiger partial charge in [-0.25, -0.2) is 9.37 Å². The Balaban J connectivity index is 2.25. The molecule has 1 aliphatic heterocycles. The van der Waals surface area contributed by atoms with Crippen molar-refractivity contribution in [3.63, 3.8) is 0 Å². The van der Waals surface area contributed by atoms with E-state index in [-0.39, 0.29) is 17.6 Å². The fourth-order valence-electron chi connectivity index (χ4n) is 3.84. The molecule has 0 saturated carbocycles. The molecule has 0 spiro atoms. The van der Waals surface area contributed by atoms with Crippen LogP contribution in [0.2, 0.25) is 0 Å². The fraction of sp³-hybridized carbons (Fsp3) is 0.348. The summed E-state index contributed by atoms with van der Waals surface area (Å²) in [6.45, 7) is 4.86. The van der Waals surface area contributed by atoms with Crippen molar-refractivity contribution in [2.24, 2.45) is 16.6 Å². The van der Waals surface area contributed by atoms with Gasteiger partial charge in [-0.15, -0.1) is 0 Å². The molecule has 0 amide bonds. The van der Waals surface area contributed by atoms with E-state index in [1.807, 2.05) is 20.9 Å². The van der Waals surface area contributed by atoms with Crippen LogP contribution < -0.4 is 21.5 Å². The summed E-state index contributed by atoms with van der Waals surface area (Å²) in [5, 5.41) is 12.1. The molecule has 1 aliphatic rings. The summed E-state index contributed by atoms with van der Waals surface area (Å²) >= 11 is 0. The zero-order valence-corrected chi connectivity index (χ0v) is 18.1. The summed E-state index contributed by atoms with van der Waals surface area (Å²) in [4.78, 5) is 8.94. The number of aliphatic imine (C=N–C) groups is 1. The van der Waals surface area contributed by atoms with Gasteiger partial charge in [-0.1, -0.05) is 0 Å². The van der Waals surface area contributed by atoms with Gasteiger partial charge < -0.3 is 26.9 Å². The molecule has 164 valence electrons. The number of ether oxygens (including phenoxy) is 1. The number of rotatable bonds is 3. The Labute approximate surface area is 181 Å². The Morgan fingerprint density at radius 2 is 2.16 bits per heavy atom. The first kappa shape index (κ1) is 22.4. The normalized spacial score (nSPS) is 21.9. The molecule has 2 aromatic rings. The van der Waals surface area contributed by atoms with Crippen molar-refractivity contribution in [2.45, 2.75) is 26.4 Å². The largest absolute Gasteiger partial charge is 0.482 e. The Morgan fingerprint density at radius 3 is 2.84 bits per heavy atom. The van der Waals surface area contributed by atoms with Crippen LogP contribution in [0.3, 0.4) is 0 Å². The number of allylic oxidation sites excluding steroid dienone is 1. The summed E-state index contributed by atoms with van der Waals surface area (Å²) in [5.74, 6) is 0.0000571. The fourth-order valence-corrected chi connectivity index (χ4v) is 3.84. The monoisotopic (exact) mass is 424 g/mol. The van der Waals surface area contributed by atoms with E-state index in [1.54, 1.807) is 18.3 Å². The molecule has 8 heteroatoms. The Bertz CT molecular complexity index is 1030. The van der Waals surface area contributed by atoms with E-state index < -0.39 is 6.10 Å². The van der Waals surface area contributed by atoms with Gasteiger partial charge >= 0.3 is 0 Å². The summed E-state index contributed by atoms with van der Waals surface area (Å²) in [6, 6.07) is 6.19. The third-order valence-corrected chi connectivity index (χ3v) is 5.35. The van der Waals surface area contributed by atoms with Gasteiger partial charge in [0.15, 0.2) is 11.6 Å². The highest BCUT2D eigenvalue weighted by Crippen LogP contribution is 2.32. The van der Waals surface area contributed by atoms with Gasteiger partial charge in [0.05, 0.1) is 5.71 Å². The van der Waals surface area contributed by atoms with Crippen molar-refractivity contribution in [1.29, 1.82) is 5.41 Å². The van der Waals surface area contributed by atoms with Crippen LogP contribution in [0, 0.1) is 17.1 Å². The SMILES string of the molecule is CCN=C1C(=CN)CC(CNC)C(=N)c2ccc(F)cc2[C@@H](C)Oc2cc1cnc2N. The second kappa shape index (κ2) is 9.70. The molecule has 0 aliphatic carbocycles. The minimum Gasteiger partial charge on any atom is -0.482 e. The number of hydrogen-bond acceptors (Lipinski definition) is 7. The zero-order chi connectivity index (χ0) is 22.5. The van der Waals surface area contributed by atoms with Gasteiger partial charge in [-0.05, 0) is 63.4 Å². The lowest BCUT2D eigenvalue weighted by atomic mass is 9.85. The van der Waals surface area contributed by atoms with E-state index in [0.717, 1.165) is 11.1 Å². The van der Waals surface area contributed by atoms with Crippen molar-refractivity contribution in [3.05, 3.63) is 64.7 Å². The van der Waals surface area contributed by atoms with Crippen LogP contribution in [0.25, 0.3) is 0 Å². The van der Waals surface area contributed by atoms with E-state index in [0.29, 0.717) is 47.8 Å². The first-order valence-corrected chi connectivity index (χ1v) is 10.3. The zero-order valence-electron chi connectivity index (χ0n) is 18.1. The van der Waals surface area contributed by atoms with Crippen molar-refractivity contribution in [1.82, 2.24) is 10.3 Å². The Hall–Kier alpha value is -3.26. The molecule has 0 radical (unpaired) electrons. The minimum absolute atomic E-state index is 0.209.